The Bertz CT molecular complexity index is 1510. The number of methoxy groups -OCH3 is 1. The maximum Gasteiger partial charge on any atom is 0.253 e. The van der Waals surface area contributed by atoms with Gasteiger partial charge in [0.25, 0.3) is 5.91 Å². The third-order valence-corrected chi connectivity index (χ3v) is 7.63. The maximum absolute atomic E-state index is 13.0. The summed E-state index contributed by atoms with van der Waals surface area (Å²) in [4.78, 5) is 28.2. The molecule has 10 nitrogen and oxygen atoms in total. The molecule has 2 fully saturated rings. The summed E-state index contributed by atoms with van der Waals surface area (Å²) < 4.78 is 17.4. The van der Waals surface area contributed by atoms with E-state index in [0.29, 0.717) is 37.6 Å². The van der Waals surface area contributed by atoms with E-state index in [-0.39, 0.29) is 12.0 Å². The molecule has 2 aromatic heterocycles. The number of piperidine rings is 1. The molecule has 4 aromatic rings. The van der Waals surface area contributed by atoms with E-state index in [1.807, 2.05) is 35.2 Å². The number of hydrazine groups is 1. The Morgan fingerprint density at radius 1 is 1.02 bits per heavy atom. The van der Waals surface area contributed by atoms with E-state index in [4.69, 9.17) is 19.2 Å². The van der Waals surface area contributed by atoms with Crippen LogP contribution in [0.25, 0.3) is 10.9 Å². The van der Waals surface area contributed by atoms with E-state index in [9.17, 15) is 4.79 Å². The van der Waals surface area contributed by atoms with Crippen LogP contribution in [0.4, 0.5) is 11.5 Å². The normalized spacial score (nSPS) is 16.5. The molecule has 2 aromatic carbocycles. The Balaban J connectivity index is 1.18. The molecule has 2 aliphatic heterocycles. The number of hydrogen-bond acceptors (Lipinski definition) is 9. The number of amides is 1. The van der Waals surface area contributed by atoms with Crippen molar-refractivity contribution < 1.29 is 19.0 Å². The number of anilines is 2. The van der Waals surface area contributed by atoms with Gasteiger partial charge in [-0.15, -0.1) is 0 Å². The molecule has 6 rings (SSSR count). The highest BCUT2D eigenvalue weighted by Crippen LogP contribution is 2.34. The van der Waals surface area contributed by atoms with Crippen molar-refractivity contribution in [1.29, 1.82) is 0 Å². The third kappa shape index (κ3) is 5.79. The van der Waals surface area contributed by atoms with Gasteiger partial charge in [-0.3, -0.25) is 14.8 Å². The maximum atomic E-state index is 13.0. The number of carbonyl (C=O) groups excluding carboxylic acids is 1. The molecule has 10 heteroatoms. The van der Waals surface area contributed by atoms with Crippen LogP contribution >= 0.6 is 0 Å². The van der Waals surface area contributed by atoms with Crippen molar-refractivity contribution in [3.8, 4) is 11.5 Å². The minimum absolute atomic E-state index is 0.0270. The highest BCUT2D eigenvalue weighted by Gasteiger charge is 2.27. The van der Waals surface area contributed by atoms with E-state index in [1.165, 1.54) is 0 Å². The zero-order chi connectivity index (χ0) is 28.2. The van der Waals surface area contributed by atoms with E-state index in [0.717, 1.165) is 59.7 Å². The first kappa shape index (κ1) is 26.9. The van der Waals surface area contributed by atoms with Crippen molar-refractivity contribution in [2.75, 3.05) is 51.5 Å². The highest BCUT2D eigenvalue weighted by molar-refractivity contribution is 5.94. The van der Waals surface area contributed by atoms with Crippen molar-refractivity contribution in [1.82, 2.24) is 24.9 Å². The lowest BCUT2D eigenvalue weighted by molar-refractivity contribution is 0.0376. The molecule has 0 aliphatic carbocycles. The van der Waals surface area contributed by atoms with Crippen LogP contribution in [-0.4, -0.2) is 83.4 Å². The van der Waals surface area contributed by atoms with Gasteiger partial charge in [-0.1, -0.05) is 6.07 Å². The summed E-state index contributed by atoms with van der Waals surface area (Å²) in [6, 6.07) is 15.5. The van der Waals surface area contributed by atoms with Gasteiger partial charge < -0.3 is 19.1 Å². The van der Waals surface area contributed by atoms with E-state index < -0.39 is 0 Å². The molecular formula is C31H34N6O4. The lowest BCUT2D eigenvalue weighted by atomic mass is 10.1. The molecule has 0 atom stereocenters. The number of carbonyl (C=O) groups is 1. The van der Waals surface area contributed by atoms with Gasteiger partial charge in [0.2, 0.25) is 0 Å². The van der Waals surface area contributed by atoms with Crippen LogP contribution < -0.4 is 14.5 Å². The number of benzene rings is 2. The second-order valence-electron chi connectivity index (χ2n) is 10.3. The number of aryl methyl sites for hydroxylation is 1. The molecular weight excluding hydrogens is 520 g/mol. The number of pyridine rings is 1. The number of morpholine rings is 1. The van der Waals surface area contributed by atoms with Gasteiger partial charge in [0.1, 0.15) is 23.9 Å². The average molecular weight is 555 g/mol. The molecule has 0 radical (unpaired) electrons. The van der Waals surface area contributed by atoms with Crippen molar-refractivity contribution in [3.63, 3.8) is 0 Å². The molecule has 0 N–H and O–H groups in total. The van der Waals surface area contributed by atoms with Gasteiger partial charge >= 0.3 is 0 Å². The van der Waals surface area contributed by atoms with Gasteiger partial charge in [0.05, 0.1) is 37.7 Å². The van der Waals surface area contributed by atoms with E-state index in [2.05, 4.69) is 39.0 Å². The zero-order valence-electron chi connectivity index (χ0n) is 23.4. The largest absolute Gasteiger partial charge is 0.497 e. The van der Waals surface area contributed by atoms with Crippen LogP contribution in [0.15, 0.2) is 67.3 Å². The fraction of sp³-hybridized carbons (Fsp3) is 0.355. The van der Waals surface area contributed by atoms with Crippen LogP contribution in [0.1, 0.15) is 28.8 Å². The summed E-state index contributed by atoms with van der Waals surface area (Å²) in [5.74, 6) is 2.37. The fourth-order valence-electron chi connectivity index (χ4n) is 5.43. The summed E-state index contributed by atoms with van der Waals surface area (Å²) in [6.45, 7) is 6.18. The van der Waals surface area contributed by atoms with Crippen LogP contribution in [0.3, 0.4) is 0 Å². The van der Waals surface area contributed by atoms with E-state index in [1.54, 1.807) is 31.9 Å². The predicted molar refractivity (Wildman–Crippen MR) is 156 cm³/mol. The Morgan fingerprint density at radius 2 is 1.85 bits per heavy atom. The van der Waals surface area contributed by atoms with Crippen LogP contribution in [0.2, 0.25) is 0 Å². The number of aromatic nitrogens is 3. The number of fused-ring (bicyclic) bond motifs is 1. The molecule has 1 amide bonds. The van der Waals surface area contributed by atoms with E-state index >= 15 is 0 Å². The van der Waals surface area contributed by atoms with Gasteiger partial charge in [-0.25, -0.2) is 15.0 Å². The average Bonchev–Trinajstić information content (AvgIpc) is 3.03. The second kappa shape index (κ2) is 12.1. The van der Waals surface area contributed by atoms with Gasteiger partial charge in [-0.2, -0.15) is 0 Å². The Kier molecular flexibility index (Phi) is 7.93. The first-order valence-electron chi connectivity index (χ1n) is 14.0. The zero-order valence-corrected chi connectivity index (χ0v) is 23.4. The minimum Gasteiger partial charge on any atom is -0.497 e. The summed E-state index contributed by atoms with van der Waals surface area (Å²) in [5, 5.41) is 5.35. The Labute approximate surface area is 239 Å². The molecule has 2 aliphatic rings. The molecule has 212 valence electrons. The standard InChI is InChI=1S/C31H34N6O4/c1-22-18-24(37(36-14-16-40-17-15-36)30-27-8-11-32-20-28(27)33-21-34-30)6-7-29(22)41-25-9-12-35(13-10-25)31(38)23-4-3-5-26(19-23)39-2/h3-8,11,18-21,25H,9-10,12-17H2,1-2H3. The lowest BCUT2D eigenvalue weighted by Gasteiger charge is -2.38. The first-order chi connectivity index (χ1) is 20.1. The van der Waals surface area contributed by atoms with Gasteiger partial charge in [-0.05, 0) is 55.0 Å². The van der Waals surface area contributed by atoms with Crippen molar-refractivity contribution >= 4 is 28.3 Å². The minimum atomic E-state index is 0.0270. The number of rotatable bonds is 7. The molecule has 41 heavy (non-hydrogen) atoms. The molecule has 0 spiro atoms. The quantitative estimate of drug-likeness (QED) is 0.329. The molecule has 2 saturated heterocycles. The van der Waals surface area contributed by atoms with Crippen LogP contribution in [0.5, 0.6) is 11.5 Å². The predicted octanol–water partition coefficient (Wildman–Crippen LogP) is 4.41. The molecule has 0 saturated carbocycles. The molecule has 4 heterocycles. The van der Waals surface area contributed by atoms with Gasteiger partial charge in [0.15, 0.2) is 5.82 Å². The number of hydrogen-bond donors (Lipinski definition) is 0. The smallest absolute Gasteiger partial charge is 0.253 e. The highest BCUT2D eigenvalue weighted by atomic mass is 16.5. The van der Waals surface area contributed by atoms with Gasteiger partial charge in [0, 0.05) is 56.2 Å². The topological polar surface area (TPSA) is 93.1 Å². The third-order valence-electron chi connectivity index (χ3n) is 7.63. The second-order valence-corrected chi connectivity index (χ2v) is 10.3. The van der Waals surface area contributed by atoms with Crippen molar-refractivity contribution in [2.24, 2.45) is 0 Å². The van der Waals surface area contributed by atoms with Crippen LogP contribution in [0, 0.1) is 6.92 Å². The Hall–Kier alpha value is -4.28. The summed E-state index contributed by atoms with van der Waals surface area (Å²) in [6.07, 6.45) is 6.71. The number of nitrogens with zero attached hydrogens (tertiary/aromatic N) is 6. The summed E-state index contributed by atoms with van der Waals surface area (Å²) >= 11 is 0. The molecule has 0 bridgehead atoms. The van der Waals surface area contributed by atoms with Crippen molar-refractivity contribution in [2.45, 2.75) is 25.9 Å². The summed E-state index contributed by atoms with van der Waals surface area (Å²) in [7, 11) is 1.61. The first-order valence-corrected chi connectivity index (χ1v) is 14.0. The Morgan fingerprint density at radius 3 is 2.63 bits per heavy atom. The lowest BCUT2D eigenvalue weighted by Crippen LogP contribution is -2.47. The monoisotopic (exact) mass is 554 g/mol. The van der Waals surface area contributed by atoms with Crippen molar-refractivity contribution in [3.05, 3.63) is 78.4 Å². The number of ether oxygens (including phenoxy) is 3. The molecule has 0 unspecified atom stereocenters. The number of likely N-dealkylation sites (tertiary alicyclic amines) is 1. The fourth-order valence-corrected chi connectivity index (χ4v) is 5.43. The SMILES string of the molecule is COc1cccc(C(=O)N2CCC(Oc3ccc(N(c4ncnc5cnccc45)N4CCOCC4)cc3C)CC2)c1. The summed E-state index contributed by atoms with van der Waals surface area (Å²) in [5.41, 5.74) is 3.47. The van der Waals surface area contributed by atoms with Crippen LogP contribution in [-0.2, 0) is 4.74 Å².